The lowest BCUT2D eigenvalue weighted by molar-refractivity contribution is -0.114. The molecule has 2 aliphatic rings. The molecule has 0 aliphatic carbocycles. The summed E-state index contributed by atoms with van der Waals surface area (Å²) in [4.78, 5) is 17.8. The summed E-state index contributed by atoms with van der Waals surface area (Å²) in [6.45, 7) is 0.102. The van der Waals surface area contributed by atoms with Crippen LogP contribution in [0, 0.1) is 11.2 Å². The van der Waals surface area contributed by atoms with E-state index in [-0.39, 0.29) is 23.8 Å². The number of carbonyl (C=O) groups excluding carboxylic acids is 1. The van der Waals surface area contributed by atoms with Crippen molar-refractivity contribution < 1.29 is 13.9 Å². The molecule has 0 aromatic heterocycles. The van der Waals surface area contributed by atoms with Crippen LogP contribution in [0.5, 0.6) is 5.75 Å². The molecule has 0 atom stereocenters. The predicted octanol–water partition coefficient (Wildman–Crippen LogP) is 4.94. The number of aliphatic imine (C=N–C) groups is 1. The lowest BCUT2D eigenvalue weighted by Crippen LogP contribution is -2.35. The molecule has 1 N–H and O–H groups in total. The number of halogens is 2. The number of carbonyl (C=O) groups is 1. The van der Waals surface area contributed by atoms with Crippen LogP contribution in [0.2, 0.25) is 0 Å². The fourth-order valence-electron chi connectivity index (χ4n) is 2.69. The average molecular weight is 458 g/mol. The van der Waals surface area contributed by atoms with E-state index >= 15 is 0 Å². The Labute approximate surface area is 173 Å². The minimum atomic E-state index is -0.441. The van der Waals surface area contributed by atoms with Crippen molar-refractivity contribution in [1.82, 2.24) is 4.90 Å². The van der Waals surface area contributed by atoms with Gasteiger partial charge in [-0.15, -0.1) is 0 Å². The van der Waals surface area contributed by atoms with E-state index in [9.17, 15) is 9.18 Å². The standard InChI is InChI=1S/C20H13BrFN3O2S/c21-15-10-12(5-6-17(15)27-11-13-3-1-2-4-16(13)22)9-14-18(23)25-7-8-28-20(25)24-19(14)26/h1-10,23H,11H2/b14-9-,23-18?. The van der Waals surface area contributed by atoms with Crippen molar-refractivity contribution in [3.63, 3.8) is 0 Å². The maximum absolute atomic E-state index is 13.7. The number of benzene rings is 2. The SMILES string of the molecule is N=C1/C(=C/c2ccc(OCc3ccccc3F)c(Br)c2)C(=O)N=C2SC=CN12. The molecule has 8 heteroatoms. The normalized spacial score (nSPS) is 17.1. The molecule has 2 aliphatic heterocycles. The first-order valence-corrected chi connectivity index (χ1v) is 9.92. The second kappa shape index (κ2) is 7.73. The van der Waals surface area contributed by atoms with Gasteiger partial charge in [-0.25, -0.2) is 4.39 Å². The van der Waals surface area contributed by atoms with Crippen molar-refractivity contribution >= 4 is 50.7 Å². The summed E-state index contributed by atoms with van der Waals surface area (Å²) < 4.78 is 20.1. The lowest BCUT2D eigenvalue weighted by Gasteiger charge is -2.22. The third kappa shape index (κ3) is 3.65. The smallest absolute Gasteiger partial charge is 0.283 e. The maximum Gasteiger partial charge on any atom is 0.283 e. The van der Waals surface area contributed by atoms with Crippen molar-refractivity contribution in [2.75, 3.05) is 0 Å². The summed E-state index contributed by atoms with van der Waals surface area (Å²) in [5.74, 6) is -0.117. The molecule has 2 heterocycles. The molecular formula is C20H13BrFN3O2S. The molecule has 0 saturated carbocycles. The van der Waals surface area contributed by atoms with Crippen molar-refractivity contribution in [2.45, 2.75) is 6.61 Å². The number of amidine groups is 2. The molecule has 140 valence electrons. The van der Waals surface area contributed by atoms with Gasteiger partial charge >= 0.3 is 0 Å². The van der Waals surface area contributed by atoms with Crippen LogP contribution in [-0.4, -0.2) is 21.8 Å². The molecule has 0 spiro atoms. The molecule has 0 unspecified atom stereocenters. The number of nitrogens with zero attached hydrogens (tertiary/aromatic N) is 2. The summed E-state index contributed by atoms with van der Waals surface area (Å²) in [5, 5.41) is 10.5. The molecule has 0 radical (unpaired) electrons. The summed E-state index contributed by atoms with van der Waals surface area (Å²) >= 11 is 4.75. The molecule has 2 aromatic carbocycles. The van der Waals surface area contributed by atoms with Crippen molar-refractivity contribution in [3.8, 4) is 5.75 Å². The van der Waals surface area contributed by atoms with Crippen molar-refractivity contribution in [3.05, 3.63) is 81.1 Å². The van der Waals surface area contributed by atoms with Crippen LogP contribution < -0.4 is 4.74 Å². The predicted molar refractivity (Wildman–Crippen MR) is 112 cm³/mol. The number of ether oxygens (including phenoxy) is 1. The van der Waals surface area contributed by atoms with Crippen molar-refractivity contribution in [2.24, 2.45) is 4.99 Å². The molecule has 28 heavy (non-hydrogen) atoms. The first-order chi connectivity index (χ1) is 13.5. The average Bonchev–Trinajstić information content (AvgIpc) is 3.14. The topological polar surface area (TPSA) is 65.8 Å². The highest BCUT2D eigenvalue weighted by atomic mass is 79.9. The first kappa shape index (κ1) is 18.6. The van der Waals surface area contributed by atoms with Gasteiger partial charge in [0.1, 0.15) is 24.0 Å². The number of thioether (sulfide) groups is 1. The Balaban J connectivity index is 1.54. The summed E-state index contributed by atoms with van der Waals surface area (Å²) in [7, 11) is 0. The second-order valence-electron chi connectivity index (χ2n) is 5.95. The van der Waals surface area contributed by atoms with E-state index in [1.165, 1.54) is 17.8 Å². The fourth-order valence-corrected chi connectivity index (χ4v) is 3.91. The Morgan fingerprint density at radius 3 is 2.89 bits per heavy atom. The lowest BCUT2D eigenvalue weighted by atomic mass is 10.1. The summed E-state index contributed by atoms with van der Waals surface area (Å²) in [5.41, 5.74) is 1.39. The number of amides is 1. The zero-order valence-corrected chi connectivity index (χ0v) is 16.8. The number of fused-ring (bicyclic) bond motifs is 1. The maximum atomic E-state index is 13.7. The largest absolute Gasteiger partial charge is 0.488 e. The van der Waals surface area contributed by atoms with Gasteiger partial charge in [0.05, 0.1) is 10.0 Å². The number of nitrogens with one attached hydrogen (secondary N) is 1. The van der Waals surface area contributed by atoms with Gasteiger partial charge in [-0.05, 0) is 51.2 Å². The Morgan fingerprint density at radius 2 is 2.11 bits per heavy atom. The number of hydrogen-bond donors (Lipinski definition) is 1. The monoisotopic (exact) mass is 457 g/mol. The van der Waals surface area contributed by atoms with Gasteiger partial charge in [-0.2, -0.15) is 4.99 Å². The van der Waals surface area contributed by atoms with Gasteiger partial charge in [0.15, 0.2) is 5.17 Å². The van der Waals surface area contributed by atoms with Crippen LogP contribution in [-0.2, 0) is 11.4 Å². The quantitative estimate of drug-likeness (QED) is 0.659. The van der Waals surface area contributed by atoms with Gasteiger partial charge in [0.2, 0.25) is 0 Å². The zero-order chi connectivity index (χ0) is 19.7. The van der Waals surface area contributed by atoms with E-state index in [4.69, 9.17) is 10.1 Å². The van der Waals surface area contributed by atoms with E-state index in [1.807, 2.05) is 0 Å². The second-order valence-corrected chi connectivity index (χ2v) is 7.68. The molecule has 4 rings (SSSR count). The van der Waals surface area contributed by atoms with E-state index < -0.39 is 5.91 Å². The third-order valence-corrected chi connectivity index (χ3v) is 5.50. The van der Waals surface area contributed by atoms with Gasteiger partial charge in [-0.1, -0.05) is 36.0 Å². The van der Waals surface area contributed by atoms with Crippen LogP contribution in [0.25, 0.3) is 6.08 Å². The Morgan fingerprint density at radius 1 is 1.29 bits per heavy atom. The molecule has 0 fully saturated rings. The van der Waals surface area contributed by atoms with Gasteiger partial charge in [-0.3, -0.25) is 15.1 Å². The zero-order valence-electron chi connectivity index (χ0n) is 14.4. The van der Waals surface area contributed by atoms with E-state index in [2.05, 4.69) is 20.9 Å². The van der Waals surface area contributed by atoms with E-state index in [1.54, 1.807) is 59.0 Å². The first-order valence-electron chi connectivity index (χ1n) is 8.25. The third-order valence-electron chi connectivity index (χ3n) is 4.12. The number of rotatable bonds is 4. The van der Waals surface area contributed by atoms with E-state index in [0.717, 1.165) is 0 Å². The number of hydrogen-bond acceptors (Lipinski definition) is 4. The van der Waals surface area contributed by atoms with Crippen LogP contribution in [0.1, 0.15) is 11.1 Å². The summed E-state index contributed by atoms with van der Waals surface area (Å²) in [6.07, 6.45) is 3.33. The van der Waals surface area contributed by atoms with Crippen LogP contribution in [0.3, 0.4) is 0 Å². The highest BCUT2D eigenvalue weighted by molar-refractivity contribution is 9.10. The molecular weight excluding hydrogens is 445 g/mol. The molecule has 1 amide bonds. The van der Waals surface area contributed by atoms with Crippen molar-refractivity contribution in [1.29, 1.82) is 5.41 Å². The molecule has 0 bridgehead atoms. The fraction of sp³-hybridized carbons (Fsp3) is 0.0500. The van der Waals surface area contributed by atoms with Crippen LogP contribution in [0.4, 0.5) is 4.39 Å². The minimum Gasteiger partial charge on any atom is -0.488 e. The highest BCUT2D eigenvalue weighted by Crippen LogP contribution is 2.30. The summed E-state index contributed by atoms with van der Waals surface area (Å²) in [6, 6.07) is 11.7. The Hall–Kier alpha value is -2.71. The van der Waals surface area contributed by atoms with E-state index in [0.29, 0.717) is 26.5 Å². The Bertz CT molecular complexity index is 1080. The van der Waals surface area contributed by atoms with Gasteiger partial charge in [0, 0.05) is 11.8 Å². The molecule has 5 nitrogen and oxygen atoms in total. The molecule has 0 saturated heterocycles. The minimum absolute atomic E-state index is 0.0900. The van der Waals surface area contributed by atoms with Crippen LogP contribution in [0.15, 0.2) is 69.1 Å². The van der Waals surface area contributed by atoms with Gasteiger partial charge < -0.3 is 4.74 Å². The molecule has 2 aromatic rings. The highest BCUT2D eigenvalue weighted by Gasteiger charge is 2.31. The Kier molecular flexibility index (Phi) is 5.15. The van der Waals surface area contributed by atoms with Crippen LogP contribution >= 0.6 is 27.7 Å². The van der Waals surface area contributed by atoms with Gasteiger partial charge in [0.25, 0.3) is 5.91 Å².